The van der Waals surface area contributed by atoms with Crippen LogP contribution in [0.4, 0.5) is 0 Å². The van der Waals surface area contributed by atoms with E-state index in [-0.39, 0.29) is 35.4 Å². The van der Waals surface area contributed by atoms with Crippen molar-refractivity contribution in [3.8, 4) is 0 Å². The summed E-state index contributed by atoms with van der Waals surface area (Å²) in [6.07, 6.45) is 5.09. The third kappa shape index (κ3) is 6.31. The van der Waals surface area contributed by atoms with Crippen molar-refractivity contribution in [2.75, 3.05) is 6.54 Å². The van der Waals surface area contributed by atoms with Gasteiger partial charge in [-0.25, -0.2) is 12.7 Å². The Morgan fingerprint density at radius 3 is 2.29 bits per heavy atom. The highest BCUT2D eigenvalue weighted by Crippen LogP contribution is 2.30. The van der Waals surface area contributed by atoms with Gasteiger partial charge in [-0.3, -0.25) is 14.4 Å². The summed E-state index contributed by atoms with van der Waals surface area (Å²) in [5.41, 5.74) is 1.46. The zero-order valence-electron chi connectivity index (χ0n) is 22.5. The highest BCUT2D eigenvalue weighted by molar-refractivity contribution is 7.90. The molecule has 1 aliphatic carbocycles. The summed E-state index contributed by atoms with van der Waals surface area (Å²) in [4.78, 5) is 42.3. The molecule has 3 aromatic rings. The van der Waals surface area contributed by atoms with Gasteiger partial charge in [0, 0.05) is 24.0 Å². The van der Waals surface area contributed by atoms with Crippen molar-refractivity contribution >= 4 is 39.3 Å². The van der Waals surface area contributed by atoms with Crippen molar-refractivity contribution in [1.29, 1.82) is 0 Å². The molecule has 0 aromatic heterocycles. The highest BCUT2D eigenvalue weighted by atomic mass is 35.5. The monoisotopic (exact) mass is 593 g/mol. The van der Waals surface area contributed by atoms with Gasteiger partial charge in [0.25, 0.3) is 15.9 Å². The van der Waals surface area contributed by atoms with Crippen LogP contribution >= 0.6 is 11.6 Å². The van der Waals surface area contributed by atoms with Crippen LogP contribution in [0.15, 0.2) is 83.8 Å². The van der Waals surface area contributed by atoms with E-state index >= 15 is 0 Å². The Balaban J connectivity index is 1.50. The van der Waals surface area contributed by atoms with Crippen LogP contribution in [0, 0.1) is 0 Å². The molecule has 1 aliphatic heterocycles. The highest BCUT2D eigenvalue weighted by Gasteiger charge is 2.43. The summed E-state index contributed by atoms with van der Waals surface area (Å²) < 4.78 is 27.1. The molecule has 3 aromatic carbocycles. The average molecular weight is 594 g/mol. The maximum atomic E-state index is 14.1. The first-order valence-corrected chi connectivity index (χ1v) is 15.6. The van der Waals surface area contributed by atoms with Gasteiger partial charge in [-0.2, -0.15) is 0 Å². The molecule has 0 spiro atoms. The number of carbonyl (C=O) groups is 3. The molecule has 1 unspecified atom stereocenters. The van der Waals surface area contributed by atoms with Crippen molar-refractivity contribution in [1.82, 2.24) is 14.5 Å². The minimum absolute atomic E-state index is 0.00169. The number of fused-ring (bicyclic) bond motifs is 1. The van der Waals surface area contributed by atoms with Crippen molar-refractivity contribution in [2.45, 2.75) is 62.0 Å². The number of nitrogens with one attached hydrogen (secondary N) is 1. The molecule has 5 rings (SSSR count). The number of amides is 3. The third-order valence-corrected chi connectivity index (χ3v) is 9.87. The summed E-state index contributed by atoms with van der Waals surface area (Å²) in [6, 6.07) is 21.3. The zero-order valence-corrected chi connectivity index (χ0v) is 24.1. The Morgan fingerprint density at radius 1 is 0.927 bits per heavy atom. The summed E-state index contributed by atoms with van der Waals surface area (Å²) in [6.45, 7) is -0.772. The number of rotatable bonds is 9. The maximum Gasteiger partial charge on any atom is 0.269 e. The fourth-order valence-electron chi connectivity index (χ4n) is 5.51. The second-order valence-electron chi connectivity index (χ2n) is 10.5. The molecule has 0 saturated heterocycles. The Kier molecular flexibility index (Phi) is 8.75. The molecule has 1 fully saturated rings. The summed E-state index contributed by atoms with van der Waals surface area (Å²) >= 11 is 6.47. The lowest BCUT2D eigenvalue weighted by molar-refractivity contribution is -0.141. The predicted octanol–water partition coefficient (Wildman–Crippen LogP) is 4.57. The van der Waals surface area contributed by atoms with Gasteiger partial charge in [-0.1, -0.05) is 91.5 Å². The van der Waals surface area contributed by atoms with Crippen LogP contribution in [-0.4, -0.2) is 54.0 Å². The normalized spacial score (nSPS) is 17.1. The van der Waals surface area contributed by atoms with Crippen LogP contribution in [0.5, 0.6) is 0 Å². The van der Waals surface area contributed by atoms with E-state index in [1.165, 1.54) is 23.1 Å². The van der Waals surface area contributed by atoms with Gasteiger partial charge in [0.05, 0.1) is 5.56 Å². The van der Waals surface area contributed by atoms with Crippen molar-refractivity contribution < 1.29 is 22.8 Å². The van der Waals surface area contributed by atoms with Crippen LogP contribution in [-0.2, 0) is 32.6 Å². The predicted molar refractivity (Wildman–Crippen MR) is 156 cm³/mol. The summed E-state index contributed by atoms with van der Waals surface area (Å²) in [7, 11) is -4.22. The molecule has 2 aliphatic rings. The van der Waals surface area contributed by atoms with E-state index in [2.05, 4.69) is 5.32 Å². The standard InChI is InChI=1S/C31H32ClN3O5S/c32-26-17-9-7-13-23(26)20-34(29(36)21-35-31(38)25-16-8-10-18-28(25)41(35,39)40)27(19-22-11-3-1-4-12-22)30(37)33-24-14-5-2-6-15-24/h1,3-4,7-13,16-18,24,27H,2,5-6,14-15,19-21H2,(H,33,37). The van der Waals surface area contributed by atoms with Gasteiger partial charge < -0.3 is 10.2 Å². The van der Waals surface area contributed by atoms with Crippen LogP contribution in [0.25, 0.3) is 0 Å². The van der Waals surface area contributed by atoms with E-state index < -0.39 is 34.4 Å². The van der Waals surface area contributed by atoms with Gasteiger partial charge in [0.15, 0.2) is 0 Å². The minimum atomic E-state index is -4.22. The molecule has 0 bridgehead atoms. The number of halogens is 1. The maximum absolute atomic E-state index is 14.1. The van der Waals surface area contributed by atoms with Gasteiger partial charge >= 0.3 is 0 Å². The molecule has 10 heteroatoms. The molecule has 1 atom stereocenters. The topological polar surface area (TPSA) is 104 Å². The Labute approximate surface area is 245 Å². The molecule has 41 heavy (non-hydrogen) atoms. The lowest BCUT2D eigenvalue weighted by Crippen LogP contribution is -2.55. The van der Waals surface area contributed by atoms with E-state index in [1.54, 1.807) is 30.3 Å². The fraction of sp³-hybridized carbons (Fsp3) is 0.323. The van der Waals surface area contributed by atoms with Crippen LogP contribution in [0.1, 0.15) is 53.6 Å². The lowest BCUT2D eigenvalue weighted by atomic mass is 9.94. The number of nitrogens with zero attached hydrogens (tertiary/aromatic N) is 2. The van der Waals surface area contributed by atoms with Gasteiger partial charge in [0.1, 0.15) is 17.5 Å². The zero-order chi connectivity index (χ0) is 29.0. The Bertz CT molecular complexity index is 1540. The SMILES string of the molecule is O=C(NC1CCCCC1)C(Cc1ccccc1)N(Cc1ccccc1Cl)C(=O)CN1C(=O)c2ccccc2S1(=O)=O. The quantitative estimate of drug-likeness (QED) is 0.391. The molecule has 0 radical (unpaired) electrons. The smallest absolute Gasteiger partial charge is 0.269 e. The van der Waals surface area contributed by atoms with E-state index in [4.69, 9.17) is 11.6 Å². The third-order valence-electron chi connectivity index (χ3n) is 7.71. The molecule has 214 valence electrons. The van der Waals surface area contributed by atoms with E-state index in [1.807, 2.05) is 30.3 Å². The second-order valence-corrected chi connectivity index (χ2v) is 12.7. The number of benzene rings is 3. The number of hydrogen-bond donors (Lipinski definition) is 1. The molecule has 1 N–H and O–H groups in total. The van der Waals surface area contributed by atoms with Crippen molar-refractivity contribution in [3.05, 3.63) is 101 Å². The summed E-state index contributed by atoms with van der Waals surface area (Å²) in [5.74, 6) is -1.76. The average Bonchev–Trinajstić information content (AvgIpc) is 3.17. The van der Waals surface area contributed by atoms with Gasteiger partial charge in [-0.05, 0) is 42.2 Å². The van der Waals surface area contributed by atoms with Gasteiger partial charge in [0.2, 0.25) is 11.8 Å². The Morgan fingerprint density at radius 2 is 1.59 bits per heavy atom. The van der Waals surface area contributed by atoms with E-state index in [0.717, 1.165) is 37.7 Å². The molecule has 1 heterocycles. The first-order chi connectivity index (χ1) is 19.8. The van der Waals surface area contributed by atoms with Crippen molar-refractivity contribution in [2.24, 2.45) is 0 Å². The fourth-order valence-corrected chi connectivity index (χ4v) is 7.22. The molecule has 8 nitrogen and oxygen atoms in total. The largest absolute Gasteiger partial charge is 0.352 e. The molecule has 1 saturated carbocycles. The molecular weight excluding hydrogens is 562 g/mol. The Hall–Kier alpha value is -3.69. The van der Waals surface area contributed by atoms with Gasteiger partial charge in [-0.15, -0.1) is 0 Å². The first-order valence-electron chi connectivity index (χ1n) is 13.8. The number of sulfonamides is 1. The van der Waals surface area contributed by atoms with E-state index in [9.17, 15) is 22.8 Å². The molecule has 3 amide bonds. The minimum Gasteiger partial charge on any atom is -0.352 e. The molecular formula is C31H32ClN3O5S. The van der Waals surface area contributed by atoms with Crippen LogP contribution in [0.3, 0.4) is 0 Å². The van der Waals surface area contributed by atoms with E-state index in [0.29, 0.717) is 14.9 Å². The summed E-state index contributed by atoms with van der Waals surface area (Å²) in [5, 5.41) is 3.55. The van der Waals surface area contributed by atoms with Crippen LogP contribution < -0.4 is 5.32 Å². The van der Waals surface area contributed by atoms with Crippen molar-refractivity contribution in [3.63, 3.8) is 0 Å². The second kappa shape index (κ2) is 12.4. The number of carbonyl (C=O) groups excluding carboxylic acids is 3. The van der Waals surface area contributed by atoms with Crippen LogP contribution in [0.2, 0.25) is 5.02 Å². The number of hydrogen-bond acceptors (Lipinski definition) is 5. The first kappa shape index (κ1) is 28.8. The lowest BCUT2D eigenvalue weighted by Gasteiger charge is -2.34.